The highest BCUT2D eigenvalue weighted by Gasteiger charge is 2.27. The van der Waals surface area contributed by atoms with Gasteiger partial charge in [-0.1, -0.05) is 60.7 Å². The van der Waals surface area contributed by atoms with Crippen LogP contribution in [0.3, 0.4) is 0 Å². The van der Waals surface area contributed by atoms with Gasteiger partial charge in [-0.3, -0.25) is 0 Å². The maximum atomic E-state index is 12.1. The van der Waals surface area contributed by atoms with Crippen molar-refractivity contribution in [3.63, 3.8) is 0 Å². The second-order valence-electron chi connectivity index (χ2n) is 7.14. The van der Waals surface area contributed by atoms with Crippen LogP contribution in [0, 0.1) is 0 Å². The number of aromatic carboxylic acids is 2. The highest BCUT2D eigenvalue weighted by atomic mass is 16.4. The lowest BCUT2D eigenvalue weighted by Crippen LogP contribution is -2.10. The van der Waals surface area contributed by atoms with Crippen LogP contribution in [0.2, 0.25) is 0 Å². The fourth-order valence-electron chi connectivity index (χ4n) is 4.86. The number of carboxylic acids is 2. The van der Waals surface area contributed by atoms with Crippen LogP contribution >= 0.6 is 0 Å². The summed E-state index contributed by atoms with van der Waals surface area (Å²) in [7, 11) is 0. The van der Waals surface area contributed by atoms with Gasteiger partial charge < -0.3 is 10.2 Å². The van der Waals surface area contributed by atoms with Crippen LogP contribution < -0.4 is 0 Å². The zero-order valence-corrected chi connectivity index (χ0v) is 14.5. The number of hydrogen-bond donors (Lipinski definition) is 2. The number of hydrogen-bond acceptors (Lipinski definition) is 2. The summed E-state index contributed by atoms with van der Waals surface area (Å²) in [5, 5.41) is 28.5. The van der Waals surface area contributed by atoms with Crippen LogP contribution in [0.5, 0.6) is 0 Å². The standard InChI is InChI=1S/C24H12O4/c25-23(26)21-15-9-7-11-3-1-5-13-14-6-2-4-12-8-10-16(22(21)24(27)28)20(18(12)14)19(15)17(11)13/h1-10H,(H,25,26)(H,27,28). The molecule has 6 aromatic rings. The minimum absolute atomic E-state index is 0.148. The summed E-state index contributed by atoms with van der Waals surface area (Å²) in [6.07, 6.45) is 0. The van der Waals surface area contributed by atoms with Gasteiger partial charge in [0.25, 0.3) is 0 Å². The molecule has 0 amide bonds. The molecule has 0 unspecified atom stereocenters. The first-order chi connectivity index (χ1) is 13.6. The number of carbonyl (C=O) groups is 2. The SMILES string of the molecule is O=C(O)c1c(C(=O)O)c2ccc3cccc4c5cccc6ccc1c(c65)c2c34. The van der Waals surface area contributed by atoms with E-state index in [4.69, 9.17) is 0 Å². The van der Waals surface area contributed by atoms with E-state index in [1.54, 1.807) is 12.1 Å². The van der Waals surface area contributed by atoms with E-state index in [9.17, 15) is 19.8 Å². The van der Waals surface area contributed by atoms with Crippen molar-refractivity contribution in [2.45, 2.75) is 0 Å². The second-order valence-corrected chi connectivity index (χ2v) is 7.14. The Balaban J connectivity index is 2.14. The molecule has 4 heteroatoms. The van der Waals surface area contributed by atoms with Crippen LogP contribution in [-0.4, -0.2) is 22.2 Å². The quantitative estimate of drug-likeness (QED) is 0.304. The van der Waals surface area contributed by atoms with Crippen LogP contribution in [0.25, 0.3) is 53.9 Å². The van der Waals surface area contributed by atoms with E-state index >= 15 is 0 Å². The molecule has 6 rings (SSSR count). The predicted molar refractivity (Wildman–Crippen MR) is 110 cm³/mol. The van der Waals surface area contributed by atoms with Gasteiger partial charge >= 0.3 is 11.9 Å². The molecule has 0 aliphatic heterocycles. The van der Waals surface area contributed by atoms with Crippen molar-refractivity contribution >= 4 is 65.8 Å². The third kappa shape index (κ3) is 1.61. The topological polar surface area (TPSA) is 74.6 Å². The molecule has 0 fully saturated rings. The van der Waals surface area contributed by atoms with E-state index < -0.39 is 11.9 Å². The molecule has 0 bridgehead atoms. The van der Waals surface area contributed by atoms with Crippen molar-refractivity contribution < 1.29 is 19.8 Å². The molecule has 0 saturated carbocycles. The Morgan fingerprint density at radius 2 is 0.929 bits per heavy atom. The van der Waals surface area contributed by atoms with Gasteiger partial charge in [-0.2, -0.15) is 0 Å². The normalized spacial score (nSPS) is 12.1. The lowest BCUT2D eigenvalue weighted by molar-refractivity contribution is 0.0655. The second kappa shape index (κ2) is 4.87. The number of fused-ring (bicyclic) bond motifs is 1. The minimum Gasteiger partial charge on any atom is -0.478 e. The largest absolute Gasteiger partial charge is 0.478 e. The zero-order valence-electron chi connectivity index (χ0n) is 14.5. The number of carboxylic acid groups (broad SMARTS) is 2. The molecular weight excluding hydrogens is 352 g/mol. The van der Waals surface area contributed by atoms with Gasteiger partial charge in [0.05, 0.1) is 11.1 Å². The molecule has 6 aromatic carbocycles. The Morgan fingerprint density at radius 1 is 0.500 bits per heavy atom. The number of benzene rings is 6. The number of rotatable bonds is 2. The molecule has 0 saturated heterocycles. The van der Waals surface area contributed by atoms with E-state index in [1.165, 1.54) is 0 Å². The molecule has 2 N–H and O–H groups in total. The van der Waals surface area contributed by atoms with Gasteiger partial charge in [0.2, 0.25) is 0 Å². The van der Waals surface area contributed by atoms with Gasteiger partial charge in [-0.15, -0.1) is 0 Å². The molecule has 28 heavy (non-hydrogen) atoms. The first-order valence-corrected chi connectivity index (χ1v) is 8.91. The lowest BCUT2D eigenvalue weighted by atomic mass is 9.82. The van der Waals surface area contributed by atoms with Crippen LogP contribution in [-0.2, 0) is 0 Å². The van der Waals surface area contributed by atoms with E-state index in [0.717, 1.165) is 43.1 Å². The highest BCUT2D eigenvalue weighted by molar-refractivity contribution is 6.42. The van der Waals surface area contributed by atoms with Crippen LogP contribution in [0.15, 0.2) is 60.7 Å². The van der Waals surface area contributed by atoms with Gasteiger partial charge in [-0.05, 0) is 53.9 Å². The summed E-state index contributed by atoms with van der Waals surface area (Å²) in [4.78, 5) is 24.3. The Morgan fingerprint density at radius 3 is 1.32 bits per heavy atom. The Hall–Kier alpha value is -3.92. The van der Waals surface area contributed by atoms with Crippen LogP contribution in [0.4, 0.5) is 0 Å². The molecule has 0 aromatic heterocycles. The van der Waals surface area contributed by atoms with Gasteiger partial charge in [0.15, 0.2) is 0 Å². The van der Waals surface area contributed by atoms with Gasteiger partial charge in [0, 0.05) is 0 Å². The summed E-state index contributed by atoms with van der Waals surface area (Å²) >= 11 is 0. The summed E-state index contributed by atoms with van der Waals surface area (Å²) in [5.41, 5.74) is -0.295. The first-order valence-electron chi connectivity index (χ1n) is 8.91. The molecule has 0 atom stereocenters. The van der Waals surface area contributed by atoms with Crippen LogP contribution in [0.1, 0.15) is 20.7 Å². The van der Waals surface area contributed by atoms with E-state index in [1.807, 2.05) is 48.5 Å². The molecule has 0 spiro atoms. The van der Waals surface area contributed by atoms with Gasteiger partial charge in [-0.25, -0.2) is 9.59 Å². The third-order valence-corrected chi connectivity index (χ3v) is 5.85. The minimum atomic E-state index is -1.23. The average molecular weight is 364 g/mol. The fourth-order valence-corrected chi connectivity index (χ4v) is 4.86. The maximum absolute atomic E-state index is 12.1. The summed E-state index contributed by atoms with van der Waals surface area (Å²) in [6, 6.07) is 19.3. The zero-order chi connectivity index (χ0) is 19.2. The molecule has 0 heterocycles. The lowest BCUT2D eigenvalue weighted by Gasteiger charge is -2.20. The van der Waals surface area contributed by atoms with Crippen molar-refractivity contribution in [3.05, 3.63) is 71.8 Å². The Labute approximate surface area is 157 Å². The Kier molecular flexibility index (Phi) is 2.64. The molecule has 0 aliphatic rings. The fraction of sp³-hybridized carbons (Fsp3) is 0. The van der Waals surface area contributed by atoms with Gasteiger partial charge in [0.1, 0.15) is 0 Å². The van der Waals surface area contributed by atoms with E-state index in [0.29, 0.717) is 10.8 Å². The average Bonchev–Trinajstić information content (AvgIpc) is 2.70. The molecule has 132 valence electrons. The van der Waals surface area contributed by atoms with Crippen molar-refractivity contribution in [3.8, 4) is 0 Å². The third-order valence-electron chi connectivity index (χ3n) is 5.85. The first kappa shape index (κ1) is 15.2. The van der Waals surface area contributed by atoms with E-state index in [2.05, 4.69) is 0 Å². The highest BCUT2D eigenvalue weighted by Crippen LogP contribution is 2.47. The monoisotopic (exact) mass is 364 g/mol. The molecule has 0 radical (unpaired) electrons. The molecule has 4 nitrogen and oxygen atoms in total. The van der Waals surface area contributed by atoms with Crippen molar-refractivity contribution in [2.24, 2.45) is 0 Å². The maximum Gasteiger partial charge on any atom is 0.337 e. The van der Waals surface area contributed by atoms with Crippen molar-refractivity contribution in [1.82, 2.24) is 0 Å². The molecule has 0 aliphatic carbocycles. The smallest absolute Gasteiger partial charge is 0.337 e. The molecular formula is C24H12O4. The Bertz CT molecular complexity index is 1490. The summed E-state index contributed by atoms with van der Waals surface area (Å²) in [5.74, 6) is -2.45. The van der Waals surface area contributed by atoms with Crippen molar-refractivity contribution in [2.75, 3.05) is 0 Å². The predicted octanol–water partition coefficient (Wildman–Crippen LogP) is 5.72. The summed E-state index contributed by atoms with van der Waals surface area (Å²) < 4.78 is 0. The van der Waals surface area contributed by atoms with Crippen molar-refractivity contribution in [1.29, 1.82) is 0 Å². The summed E-state index contributed by atoms with van der Waals surface area (Å²) in [6.45, 7) is 0. The van der Waals surface area contributed by atoms with E-state index in [-0.39, 0.29) is 11.1 Å².